The van der Waals surface area contributed by atoms with E-state index in [1.54, 1.807) is 12.1 Å². The van der Waals surface area contributed by atoms with Gasteiger partial charge < -0.3 is 19.3 Å². The molecule has 2 saturated heterocycles. The summed E-state index contributed by atoms with van der Waals surface area (Å²) in [6.07, 6.45) is -4.10. The molecule has 6 rings (SSSR count). The van der Waals surface area contributed by atoms with Gasteiger partial charge in [0, 0.05) is 6.54 Å². The first kappa shape index (κ1) is 31.3. The zero-order valence-corrected chi connectivity index (χ0v) is 25.6. The van der Waals surface area contributed by atoms with Crippen LogP contribution in [0.1, 0.15) is 30.4 Å². The van der Waals surface area contributed by atoms with Crippen LogP contribution >= 0.6 is 0 Å². The van der Waals surface area contributed by atoms with Crippen molar-refractivity contribution < 1.29 is 40.9 Å². The smallest absolute Gasteiger partial charge is 0.407 e. The summed E-state index contributed by atoms with van der Waals surface area (Å²) in [5, 5.41) is 8.62. The Balaban J connectivity index is 1.33. The van der Waals surface area contributed by atoms with E-state index < -0.39 is 40.2 Å². The van der Waals surface area contributed by atoms with Gasteiger partial charge in [0.2, 0.25) is 10.0 Å². The van der Waals surface area contributed by atoms with Gasteiger partial charge in [-0.2, -0.15) is 13.2 Å². The van der Waals surface area contributed by atoms with Gasteiger partial charge in [-0.15, -0.1) is 0 Å². The summed E-state index contributed by atoms with van der Waals surface area (Å²) in [7, 11) is -3.16. The number of phenolic OH excluding ortho intramolecular Hbond substituents is 1. The van der Waals surface area contributed by atoms with Crippen LogP contribution in [-0.4, -0.2) is 82.0 Å². The average molecular weight is 645 g/mol. The SMILES string of the molecule is COc1ccc(N(CC(F)(F)F)S(=O)(=O)[C@H]2C[C@H]3O[C@@H]2C(c2ccc(OCCN4CCCC4)cc2)=C3c2ccc(O)cc2)cc1. The molecule has 240 valence electrons. The number of anilines is 1. The summed E-state index contributed by atoms with van der Waals surface area (Å²) in [6, 6.07) is 19.2. The van der Waals surface area contributed by atoms with Gasteiger partial charge in [0.1, 0.15) is 41.8 Å². The Morgan fingerprint density at radius 3 is 2.13 bits per heavy atom. The highest BCUT2D eigenvalue weighted by Crippen LogP contribution is 2.51. The summed E-state index contributed by atoms with van der Waals surface area (Å²) in [5.41, 5.74) is 2.65. The normalized spacial score (nSPS) is 21.8. The molecule has 0 radical (unpaired) electrons. The molecular weight excluding hydrogens is 609 g/mol. The largest absolute Gasteiger partial charge is 0.508 e. The van der Waals surface area contributed by atoms with Crippen LogP contribution in [0.2, 0.25) is 0 Å². The van der Waals surface area contributed by atoms with E-state index in [4.69, 9.17) is 14.2 Å². The first-order valence-electron chi connectivity index (χ1n) is 14.9. The van der Waals surface area contributed by atoms with Gasteiger partial charge in [-0.3, -0.25) is 9.21 Å². The lowest BCUT2D eigenvalue weighted by molar-refractivity contribution is -0.117. The third-order valence-electron chi connectivity index (χ3n) is 8.58. The lowest BCUT2D eigenvalue weighted by Crippen LogP contribution is -2.47. The molecule has 3 aromatic rings. The number of hydrogen-bond acceptors (Lipinski definition) is 7. The molecule has 0 aromatic heterocycles. The van der Waals surface area contributed by atoms with Crippen LogP contribution < -0.4 is 13.8 Å². The highest BCUT2D eigenvalue weighted by atomic mass is 32.2. The predicted molar refractivity (Wildman–Crippen MR) is 165 cm³/mol. The fraction of sp³-hybridized carbons (Fsp3) is 0.394. The quantitative estimate of drug-likeness (QED) is 0.286. The summed E-state index contributed by atoms with van der Waals surface area (Å²) >= 11 is 0. The molecule has 0 aliphatic carbocycles. The Labute approximate surface area is 260 Å². The van der Waals surface area contributed by atoms with Crippen molar-refractivity contribution in [3.05, 3.63) is 83.9 Å². The number of ether oxygens (including phenoxy) is 3. The molecule has 0 unspecified atom stereocenters. The standard InChI is InChI=1S/C33H35F3N2O6S/c1-42-26-14-8-24(9-15-26)38(21-33(34,35)36)45(40,41)29-20-28-30(22-4-10-25(39)11-5-22)31(32(29)44-28)23-6-12-27(13-7-23)43-19-18-37-16-2-3-17-37/h4-15,28-29,32,39H,2-3,16-21H2,1H3/t28-,29+,32+/m1/s1. The third-order valence-corrected chi connectivity index (χ3v) is 10.7. The molecule has 1 N–H and O–H groups in total. The molecule has 2 fully saturated rings. The minimum atomic E-state index is -4.79. The van der Waals surface area contributed by atoms with Gasteiger partial charge in [-0.25, -0.2) is 8.42 Å². The number of phenols is 1. The van der Waals surface area contributed by atoms with Crippen molar-refractivity contribution in [2.45, 2.75) is 42.9 Å². The second-order valence-corrected chi connectivity index (χ2v) is 13.6. The van der Waals surface area contributed by atoms with Crippen LogP contribution in [0.4, 0.5) is 18.9 Å². The number of methoxy groups -OCH3 is 1. The van der Waals surface area contributed by atoms with E-state index in [1.165, 1.54) is 56.3 Å². The maximum atomic E-state index is 14.1. The van der Waals surface area contributed by atoms with Crippen LogP contribution in [0.5, 0.6) is 17.2 Å². The minimum absolute atomic E-state index is 0.0189. The number of fused-ring (bicyclic) bond motifs is 2. The monoisotopic (exact) mass is 644 g/mol. The molecule has 3 aliphatic rings. The summed E-state index contributed by atoms with van der Waals surface area (Å²) in [4.78, 5) is 2.35. The molecule has 0 amide bonds. The second kappa shape index (κ2) is 12.6. The number of likely N-dealkylation sites (tertiary alicyclic amines) is 1. The molecule has 12 heteroatoms. The number of nitrogens with zero attached hydrogens (tertiary/aromatic N) is 2. The maximum Gasteiger partial charge on any atom is 0.407 e. The van der Waals surface area contributed by atoms with Crippen molar-refractivity contribution >= 4 is 26.9 Å². The Morgan fingerprint density at radius 1 is 0.911 bits per heavy atom. The van der Waals surface area contributed by atoms with Crippen molar-refractivity contribution in [2.24, 2.45) is 0 Å². The van der Waals surface area contributed by atoms with Crippen LogP contribution in [0, 0.1) is 0 Å². The molecule has 3 atom stereocenters. The third kappa shape index (κ3) is 6.63. The minimum Gasteiger partial charge on any atom is -0.508 e. The molecule has 0 saturated carbocycles. The number of benzene rings is 3. The van der Waals surface area contributed by atoms with E-state index >= 15 is 0 Å². The maximum absolute atomic E-state index is 14.1. The zero-order chi connectivity index (χ0) is 31.8. The fourth-order valence-corrected chi connectivity index (χ4v) is 8.43. The second-order valence-electron chi connectivity index (χ2n) is 11.5. The Hall–Kier alpha value is -3.74. The highest BCUT2D eigenvalue weighted by Gasteiger charge is 2.55. The lowest BCUT2D eigenvalue weighted by Gasteiger charge is -2.32. The van der Waals surface area contributed by atoms with Gasteiger partial charge >= 0.3 is 6.18 Å². The Kier molecular flexibility index (Phi) is 8.73. The van der Waals surface area contributed by atoms with Gasteiger partial charge in [0.05, 0.1) is 18.9 Å². The summed E-state index contributed by atoms with van der Waals surface area (Å²) in [5.74, 6) is 1.12. The van der Waals surface area contributed by atoms with E-state index in [0.717, 1.165) is 30.8 Å². The molecule has 45 heavy (non-hydrogen) atoms. The lowest BCUT2D eigenvalue weighted by atomic mass is 9.83. The van der Waals surface area contributed by atoms with Crippen LogP contribution in [0.3, 0.4) is 0 Å². The Bertz CT molecular complexity index is 1620. The number of aromatic hydroxyl groups is 1. The van der Waals surface area contributed by atoms with Gasteiger partial charge in [-0.1, -0.05) is 24.3 Å². The van der Waals surface area contributed by atoms with Crippen molar-refractivity contribution in [1.82, 2.24) is 4.90 Å². The zero-order valence-electron chi connectivity index (χ0n) is 24.7. The molecule has 8 nitrogen and oxygen atoms in total. The van der Waals surface area contributed by atoms with Crippen molar-refractivity contribution in [1.29, 1.82) is 0 Å². The van der Waals surface area contributed by atoms with Gasteiger partial charge in [-0.05, 0) is 103 Å². The number of hydrogen-bond donors (Lipinski definition) is 1. The topological polar surface area (TPSA) is 88.5 Å². The van der Waals surface area contributed by atoms with E-state index in [1.807, 2.05) is 24.3 Å². The summed E-state index contributed by atoms with van der Waals surface area (Å²) in [6.45, 7) is 1.83. The van der Waals surface area contributed by atoms with E-state index in [0.29, 0.717) is 33.5 Å². The average Bonchev–Trinajstić information content (AvgIpc) is 3.78. The molecule has 3 aliphatic heterocycles. The number of sulfonamides is 1. The van der Waals surface area contributed by atoms with Crippen molar-refractivity contribution in [3.8, 4) is 17.2 Å². The molecule has 0 spiro atoms. The van der Waals surface area contributed by atoms with Crippen molar-refractivity contribution in [3.63, 3.8) is 0 Å². The van der Waals surface area contributed by atoms with Crippen LogP contribution in [0.15, 0.2) is 72.8 Å². The first-order chi connectivity index (χ1) is 21.5. The van der Waals surface area contributed by atoms with Crippen LogP contribution in [-0.2, 0) is 14.8 Å². The number of halogens is 3. The van der Waals surface area contributed by atoms with Crippen LogP contribution in [0.25, 0.3) is 11.1 Å². The van der Waals surface area contributed by atoms with E-state index in [9.17, 15) is 26.7 Å². The Morgan fingerprint density at radius 2 is 1.51 bits per heavy atom. The molecular formula is C33H35F3N2O6S. The molecule has 3 heterocycles. The number of alkyl halides is 3. The van der Waals surface area contributed by atoms with E-state index in [-0.39, 0.29) is 17.9 Å². The van der Waals surface area contributed by atoms with Crippen molar-refractivity contribution in [2.75, 3.05) is 44.2 Å². The molecule has 3 aromatic carbocycles. The highest BCUT2D eigenvalue weighted by molar-refractivity contribution is 7.93. The molecule has 2 bridgehead atoms. The van der Waals surface area contributed by atoms with E-state index in [2.05, 4.69) is 4.90 Å². The van der Waals surface area contributed by atoms with Gasteiger partial charge in [0.25, 0.3) is 0 Å². The number of rotatable bonds is 11. The van der Waals surface area contributed by atoms with Gasteiger partial charge in [0.15, 0.2) is 0 Å². The predicted octanol–water partition coefficient (Wildman–Crippen LogP) is 5.72. The fourth-order valence-electron chi connectivity index (χ4n) is 6.43. The first-order valence-corrected chi connectivity index (χ1v) is 16.4. The summed E-state index contributed by atoms with van der Waals surface area (Å²) < 4.78 is 87.4.